The van der Waals surface area contributed by atoms with Crippen molar-refractivity contribution in [1.29, 1.82) is 0 Å². The number of rotatable bonds is 1. The molecular formula is C36H37N3O. The summed E-state index contributed by atoms with van der Waals surface area (Å²) < 4.78 is 7.11. The summed E-state index contributed by atoms with van der Waals surface area (Å²) in [7, 11) is 0. The highest BCUT2D eigenvalue weighted by Crippen LogP contribution is 2.70. The summed E-state index contributed by atoms with van der Waals surface area (Å²) in [5.74, 6) is 4.87. The molecule has 1 aromatic rings. The van der Waals surface area contributed by atoms with E-state index in [9.17, 15) is 0 Å². The molecule has 0 amide bonds. The summed E-state index contributed by atoms with van der Waals surface area (Å²) in [5, 5.41) is 3.62. The Bertz CT molecular complexity index is 1470. The maximum absolute atomic E-state index is 7.11. The van der Waals surface area contributed by atoms with E-state index in [1.54, 1.807) is 5.57 Å². The molecule has 9 rings (SSSR count). The molecule has 0 radical (unpaired) electrons. The first-order valence-corrected chi connectivity index (χ1v) is 15.6. The zero-order valence-corrected chi connectivity index (χ0v) is 23.0. The maximum Gasteiger partial charge on any atom is 0.139 e. The lowest BCUT2D eigenvalue weighted by Gasteiger charge is -2.53. The Kier molecular flexibility index (Phi) is 5.21. The molecule has 4 heteroatoms. The first-order chi connectivity index (χ1) is 19.8. The lowest BCUT2D eigenvalue weighted by Crippen LogP contribution is -2.47. The van der Waals surface area contributed by atoms with Crippen molar-refractivity contribution >= 4 is 6.08 Å². The third kappa shape index (κ3) is 3.12. The molecule has 8 atom stereocenters. The van der Waals surface area contributed by atoms with Crippen LogP contribution in [0.25, 0.3) is 6.08 Å². The normalized spacial score (nSPS) is 41.5. The SMILES string of the molecule is C1=CCC2OC3=C(C=CCC3c3ncc4c(n3)C3C=CCNC3C=C4)C3(C2=C1)C1CCC=CC1C1C=CCCC13. The summed E-state index contributed by atoms with van der Waals surface area (Å²) in [6.45, 7) is 0.915. The van der Waals surface area contributed by atoms with Gasteiger partial charge in [-0.3, -0.25) is 0 Å². The lowest BCUT2D eigenvalue weighted by atomic mass is 9.54. The monoisotopic (exact) mass is 527 g/mol. The molecule has 8 aliphatic rings. The summed E-state index contributed by atoms with van der Waals surface area (Å²) >= 11 is 0. The van der Waals surface area contributed by atoms with Gasteiger partial charge in [-0.05, 0) is 61.3 Å². The highest BCUT2D eigenvalue weighted by molar-refractivity contribution is 5.59. The topological polar surface area (TPSA) is 47.0 Å². The average molecular weight is 528 g/mol. The molecule has 6 aliphatic carbocycles. The summed E-state index contributed by atoms with van der Waals surface area (Å²) in [6, 6.07) is 0.309. The molecule has 2 aliphatic heterocycles. The Labute approximate surface area is 237 Å². The molecule has 0 saturated heterocycles. The van der Waals surface area contributed by atoms with E-state index in [1.165, 1.54) is 37.0 Å². The molecular weight excluding hydrogens is 490 g/mol. The first-order valence-electron chi connectivity index (χ1n) is 15.6. The van der Waals surface area contributed by atoms with Crippen LogP contribution in [-0.2, 0) is 4.74 Å². The molecule has 0 aromatic carbocycles. The van der Waals surface area contributed by atoms with Crippen LogP contribution in [0.3, 0.4) is 0 Å². The molecule has 0 bridgehead atoms. The Hall–Kier alpha value is -3.24. The number of ether oxygens (including phenoxy) is 1. The fourth-order valence-electron chi connectivity index (χ4n) is 9.81. The number of aromatic nitrogens is 2. The van der Waals surface area contributed by atoms with Gasteiger partial charge in [0.2, 0.25) is 0 Å². The van der Waals surface area contributed by atoms with Crippen molar-refractivity contribution in [2.45, 2.75) is 62.5 Å². The van der Waals surface area contributed by atoms with Gasteiger partial charge >= 0.3 is 0 Å². The quantitative estimate of drug-likeness (QED) is 0.405. The molecule has 40 heavy (non-hydrogen) atoms. The van der Waals surface area contributed by atoms with Crippen molar-refractivity contribution in [3.63, 3.8) is 0 Å². The Balaban J connectivity index is 1.22. The molecule has 1 fully saturated rings. The minimum atomic E-state index is 0.0289. The van der Waals surface area contributed by atoms with Gasteiger partial charge in [-0.15, -0.1) is 0 Å². The van der Waals surface area contributed by atoms with Gasteiger partial charge in [0, 0.05) is 47.7 Å². The molecule has 8 unspecified atom stereocenters. The van der Waals surface area contributed by atoms with Gasteiger partial charge in [0.1, 0.15) is 17.7 Å². The van der Waals surface area contributed by atoms with Crippen molar-refractivity contribution in [1.82, 2.24) is 15.3 Å². The van der Waals surface area contributed by atoms with Crippen molar-refractivity contribution < 1.29 is 4.74 Å². The Morgan fingerprint density at radius 3 is 2.58 bits per heavy atom. The molecule has 1 spiro atoms. The van der Waals surface area contributed by atoms with E-state index < -0.39 is 0 Å². The Morgan fingerprint density at radius 1 is 0.875 bits per heavy atom. The van der Waals surface area contributed by atoms with Gasteiger partial charge in [0.05, 0.1) is 11.6 Å². The number of nitrogens with zero attached hydrogens (tertiary/aromatic N) is 2. The zero-order chi connectivity index (χ0) is 26.3. The van der Waals surface area contributed by atoms with Crippen LogP contribution in [0.2, 0.25) is 0 Å². The van der Waals surface area contributed by atoms with Gasteiger partial charge in [0.25, 0.3) is 0 Å². The lowest BCUT2D eigenvalue weighted by molar-refractivity contribution is 0.0492. The van der Waals surface area contributed by atoms with Crippen LogP contribution in [0.15, 0.2) is 96.0 Å². The second kappa shape index (κ2) is 8.88. The van der Waals surface area contributed by atoms with Crippen LogP contribution in [-0.4, -0.2) is 28.7 Å². The predicted molar refractivity (Wildman–Crippen MR) is 158 cm³/mol. The van der Waals surface area contributed by atoms with Crippen molar-refractivity contribution in [3.05, 3.63) is 113 Å². The molecule has 202 valence electrons. The van der Waals surface area contributed by atoms with E-state index in [4.69, 9.17) is 14.7 Å². The van der Waals surface area contributed by atoms with Gasteiger partial charge in [0.15, 0.2) is 0 Å². The second-order valence-corrected chi connectivity index (χ2v) is 12.9. The summed E-state index contributed by atoms with van der Waals surface area (Å²) in [4.78, 5) is 10.4. The fraction of sp³-hybridized carbons (Fsp3) is 0.444. The number of hydrogen-bond donors (Lipinski definition) is 1. The smallest absolute Gasteiger partial charge is 0.139 e. The first kappa shape index (κ1) is 23.5. The standard InChI is InChI=1S/C36H37N3O/c1-3-13-27-23(9-1)24-10-2-4-14-28(24)36(27)29-15-5-6-17-32(29)40-34-26(11-7-16-30(34)36)35-38-21-22-18-19-31-25(33(22)39-35)12-8-20-37-31/h1-2,5-10,12,15-16,18-19,21,23-28,31-32,37H,3-4,11,13-14,17,20H2. The van der Waals surface area contributed by atoms with Crippen LogP contribution < -0.4 is 5.32 Å². The van der Waals surface area contributed by atoms with Crippen LogP contribution in [0, 0.1) is 29.1 Å². The predicted octanol–water partition coefficient (Wildman–Crippen LogP) is 6.86. The largest absolute Gasteiger partial charge is 0.489 e. The Morgan fingerprint density at radius 2 is 1.73 bits per heavy atom. The second-order valence-electron chi connectivity index (χ2n) is 12.9. The average Bonchev–Trinajstić information content (AvgIpc) is 3.32. The van der Waals surface area contributed by atoms with Gasteiger partial charge < -0.3 is 10.1 Å². The number of fused-ring (bicyclic) bond motifs is 11. The third-order valence-electron chi connectivity index (χ3n) is 11.3. The van der Waals surface area contributed by atoms with Gasteiger partial charge in [-0.1, -0.05) is 79.0 Å². The van der Waals surface area contributed by atoms with Crippen molar-refractivity contribution in [3.8, 4) is 0 Å². The number of allylic oxidation sites excluding steroid dienone is 10. The van der Waals surface area contributed by atoms with E-state index in [1.807, 2.05) is 0 Å². The van der Waals surface area contributed by atoms with Crippen molar-refractivity contribution in [2.75, 3.05) is 6.54 Å². The van der Waals surface area contributed by atoms with Gasteiger partial charge in [-0.2, -0.15) is 0 Å². The molecule has 1 N–H and O–H groups in total. The van der Waals surface area contributed by atoms with E-state index in [2.05, 4.69) is 90.5 Å². The maximum atomic E-state index is 7.11. The molecule has 1 saturated carbocycles. The number of hydrogen-bond acceptors (Lipinski definition) is 4. The van der Waals surface area contributed by atoms with E-state index >= 15 is 0 Å². The van der Waals surface area contributed by atoms with E-state index in [-0.39, 0.29) is 23.4 Å². The zero-order valence-electron chi connectivity index (χ0n) is 23.0. The van der Waals surface area contributed by atoms with Crippen LogP contribution >= 0.6 is 0 Å². The van der Waals surface area contributed by atoms with Crippen LogP contribution in [0.4, 0.5) is 0 Å². The van der Waals surface area contributed by atoms with Crippen LogP contribution in [0.1, 0.15) is 67.4 Å². The fourth-order valence-corrected chi connectivity index (χ4v) is 9.81. The van der Waals surface area contributed by atoms with Gasteiger partial charge in [-0.25, -0.2) is 9.97 Å². The molecule has 4 nitrogen and oxygen atoms in total. The summed E-state index contributed by atoms with van der Waals surface area (Å²) in [6.07, 6.45) is 39.9. The van der Waals surface area contributed by atoms with E-state index in [0.29, 0.717) is 29.7 Å². The highest BCUT2D eigenvalue weighted by Gasteiger charge is 2.65. The molecule has 3 heterocycles. The summed E-state index contributed by atoms with van der Waals surface area (Å²) in [5.41, 5.74) is 5.33. The minimum Gasteiger partial charge on any atom is -0.489 e. The van der Waals surface area contributed by atoms with Crippen molar-refractivity contribution in [2.24, 2.45) is 29.1 Å². The highest BCUT2D eigenvalue weighted by atomic mass is 16.5. The number of nitrogens with one attached hydrogen (secondary N) is 1. The minimum absolute atomic E-state index is 0.0289. The third-order valence-corrected chi connectivity index (χ3v) is 11.3. The molecule has 1 aromatic heterocycles. The van der Waals surface area contributed by atoms with E-state index in [0.717, 1.165) is 36.5 Å². The van der Waals surface area contributed by atoms with Crippen LogP contribution in [0.5, 0.6) is 0 Å².